The third-order valence-electron chi connectivity index (χ3n) is 4.59. The normalized spacial score (nSPS) is 13.1. The van der Waals surface area contributed by atoms with E-state index in [1.54, 1.807) is 7.11 Å². The van der Waals surface area contributed by atoms with Crippen LogP contribution in [-0.2, 0) is 4.79 Å². The van der Waals surface area contributed by atoms with Crippen LogP contribution in [0, 0.1) is 0 Å². The highest BCUT2D eigenvalue weighted by Gasteiger charge is 2.20. The van der Waals surface area contributed by atoms with Crippen molar-refractivity contribution in [1.29, 1.82) is 0 Å². The first-order valence-electron chi connectivity index (χ1n) is 9.13. The summed E-state index contributed by atoms with van der Waals surface area (Å²) in [6.07, 6.45) is 3.69. The molecule has 2 aromatic carbocycles. The van der Waals surface area contributed by atoms with Crippen molar-refractivity contribution in [1.82, 2.24) is 5.32 Å². The summed E-state index contributed by atoms with van der Waals surface area (Å²) in [5, 5.41) is 3.13. The Morgan fingerprint density at radius 1 is 1.08 bits per heavy atom. The molecule has 3 nitrogen and oxygen atoms in total. The number of carbonyl (C=O) groups excluding carboxylic acids is 1. The second kappa shape index (κ2) is 9.87. The second-order valence-electron chi connectivity index (χ2n) is 6.49. The van der Waals surface area contributed by atoms with Crippen molar-refractivity contribution in [3.05, 3.63) is 65.7 Å². The molecular formula is C22H29NO2. The van der Waals surface area contributed by atoms with Gasteiger partial charge in [0.05, 0.1) is 13.2 Å². The van der Waals surface area contributed by atoms with Crippen molar-refractivity contribution < 1.29 is 9.53 Å². The van der Waals surface area contributed by atoms with Gasteiger partial charge in [-0.1, -0.05) is 68.3 Å². The van der Waals surface area contributed by atoms with E-state index in [1.807, 2.05) is 55.5 Å². The third-order valence-corrected chi connectivity index (χ3v) is 4.59. The fourth-order valence-electron chi connectivity index (χ4n) is 3.17. The molecule has 0 aromatic heterocycles. The smallest absolute Gasteiger partial charge is 0.221 e. The topological polar surface area (TPSA) is 38.3 Å². The number of hydrogen-bond donors (Lipinski definition) is 1. The molecule has 0 saturated carbocycles. The van der Waals surface area contributed by atoms with Gasteiger partial charge in [-0.3, -0.25) is 4.79 Å². The van der Waals surface area contributed by atoms with Crippen LogP contribution in [0.25, 0.3) is 0 Å². The number of para-hydroxylation sites is 1. The molecule has 0 radical (unpaired) electrons. The van der Waals surface area contributed by atoms with Crippen molar-refractivity contribution in [3.8, 4) is 5.75 Å². The molecule has 0 fully saturated rings. The molecule has 0 unspecified atom stereocenters. The van der Waals surface area contributed by atoms with Gasteiger partial charge in [-0.2, -0.15) is 0 Å². The fourth-order valence-corrected chi connectivity index (χ4v) is 3.17. The number of ether oxygens (including phenoxy) is 1. The van der Waals surface area contributed by atoms with E-state index in [0.29, 0.717) is 6.42 Å². The average Bonchev–Trinajstić information content (AvgIpc) is 2.65. The summed E-state index contributed by atoms with van der Waals surface area (Å²) < 4.78 is 5.51. The number of unbranched alkanes of at least 4 members (excludes halogenated alkanes) is 1. The molecule has 1 amide bonds. The van der Waals surface area contributed by atoms with Gasteiger partial charge in [0, 0.05) is 6.42 Å². The highest BCUT2D eigenvalue weighted by atomic mass is 16.5. The Morgan fingerprint density at radius 3 is 2.44 bits per heavy atom. The van der Waals surface area contributed by atoms with Gasteiger partial charge in [0.25, 0.3) is 0 Å². The van der Waals surface area contributed by atoms with Crippen molar-refractivity contribution in [3.63, 3.8) is 0 Å². The van der Waals surface area contributed by atoms with Crippen LogP contribution in [-0.4, -0.2) is 13.0 Å². The molecule has 0 aliphatic heterocycles. The van der Waals surface area contributed by atoms with Crippen LogP contribution in [0.4, 0.5) is 0 Å². The summed E-state index contributed by atoms with van der Waals surface area (Å²) in [7, 11) is 1.69. The fraction of sp³-hybridized carbons (Fsp3) is 0.409. The molecule has 1 N–H and O–H groups in total. The van der Waals surface area contributed by atoms with E-state index < -0.39 is 0 Å². The van der Waals surface area contributed by atoms with Gasteiger partial charge in [0.2, 0.25) is 5.91 Å². The number of rotatable bonds is 9. The minimum absolute atomic E-state index is 0.0122. The maximum Gasteiger partial charge on any atom is 0.221 e. The largest absolute Gasteiger partial charge is 0.496 e. The van der Waals surface area contributed by atoms with Gasteiger partial charge in [-0.15, -0.1) is 0 Å². The number of methoxy groups -OCH3 is 1. The zero-order chi connectivity index (χ0) is 18.1. The quantitative estimate of drug-likeness (QED) is 0.679. The molecule has 134 valence electrons. The number of amides is 1. The van der Waals surface area contributed by atoms with Crippen LogP contribution in [0.3, 0.4) is 0 Å². The van der Waals surface area contributed by atoms with E-state index in [0.717, 1.165) is 36.1 Å². The van der Waals surface area contributed by atoms with Crippen LogP contribution < -0.4 is 10.1 Å². The molecule has 2 aromatic rings. The predicted octanol–water partition coefficient (Wildman–Crippen LogP) is 5.24. The first-order chi connectivity index (χ1) is 12.2. The summed E-state index contributed by atoms with van der Waals surface area (Å²) in [5.41, 5.74) is 2.25. The minimum Gasteiger partial charge on any atom is -0.496 e. The molecule has 0 bridgehead atoms. The van der Waals surface area contributed by atoms with Gasteiger partial charge in [0.15, 0.2) is 0 Å². The Kier molecular flexibility index (Phi) is 7.52. The molecule has 2 rings (SSSR count). The van der Waals surface area contributed by atoms with E-state index in [4.69, 9.17) is 4.74 Å². The van der Waals surface area contributed by atoms with Crippen molar-refractivity contribution in [2.75, 3.05) is 7.11 Å². The Bertz CT molecular complexity index is 654. The zero-order valence-corrected chi connectivity index (χ0v) is 15.5. The predicted molar refractivity (Wildman–Crippen MR) is 103 cm³/mol. The first-order valence-corrected chi connectivity index (χ1v) is 9.13. The Morgan fingerprint density at radius 2 is 1.76 bits per heavy atom. The Balaban J connectivity index is 2.07. The van der Waals surface area contributed by atoms with Crippen molar-refractivity contribution in [2.45, 2.75) is 51.5 Å². The van der Waals surface area contributed by atoms with Crippen LogP contribution in [0.1, 0.15) is 62.6 Å². The lowest BCUT2D eigenvalue weighted by molar-refractivity contribution is -0.122. The van der Waals surface area contributed by atoms with Crippen LogP contribution in [0.15, 0.2) is 54.6 Å². The van der Waals surface area contributed by atoms with E-state index in [2.05, 4.69) is 18.3 Å². The highest BCUT2D eigenvalue weighted by Crippen LogP contribution is 2.32. The molecule has 0 saturated heterocycles. The average molecular weight is 339 g/mol. The number of hydrogen-bond acceptors (Lipinski definition) is 2. The lowest BCUT2D eigenvalue weighted by Crippen LogP contribution is -2.28. The Hall–Kier alpha value is -2.29. The first kappa shape index (κ1) is 19.0. The molecular weight excluding hydrogens is 310 g/mol. The van der Waals surface area contributed by atoms with Gasteiger partial charge in [0.1, 0.15) is 5.75 Å². The number of carbonyl (C=O) groups is 1. The highest BCUT2D eigenvalue weighted by molar-refractivity contribution is 5.77. The van der Waals surface area contributed by atoms with E-state index in [1.165, 1.54) is 0 Å². The Labute approximate surface area is 151 Å². The van der Waals surface area contributed by atoms with Crippen LogP contribution >= 0.6 is 0 Å². The molecule has 0 heterocycles. The summed E-state index contributed by atoms with van der Waals surface area (Å²) >= 11 is 0. The van der Waals surface area contributed by atoms with Gasteiger partial charge < -0.3 is 10.1 Å². The van der Waals surface area contributed by atoms with Crippen LogP contribution in [0.5, 0.6) is 5.75 Å². The maximum atomic E-state index is 12.6. The second-order valence-corrected chi connectivity index (χ2v) is 6.49. The van der Waals surface area contributed by atoms with E-state index in [-0.39, 0.29) is 17.9 Å². The van der Waals surface area contributed by atoms with Gasteiger partial charge in [-0.25, -0.2) is 0 Å². The molecule has 0 aliphatic rings. The molecule has 0 aliphatic carbocycles. The van der Waals surface area contributed by atoms with E-state index >= 15 is 0 Å². The van der Waals surface area contributed by atoms with Crippen LogP contribution in [0.2, 0.25) is 0 Å². The monoisotopic (exact) mass is 339 g/mol. The molecule has 2 atom stereocenters. The van der Waals surface area contributed by atoms with Crippen molar-refractivity contribution >= 4 is 5.91 Å². The lowest BCUT2D eigenvalue weighted by Gasteiger charge is -2.21. The van der Waals surface area contributed by atoms with E-state index in [9.17, 15) is 4.79 Å². The number of benzene rings is 2. The SMILES string of the molecule is CCCC[C@@H](CC(=O)N[C@H](C)c1ccccc1)c1ccccc1OC. The zero-order valence-electron chi connectivity index (χ0n) is 15.5. The summed E-state index contributed by atoms with van der Waals surface area (Å²) in [6, 6.07) is 18.1. The van der Waals surface area contributed by atoms with Gasteiger partial charge in [-0.05, 0) is 36.5 Å². The summed E-state index contributed by atoms with van der Waals surface area (Å²) in [5.74, 6) is 1.13. The number of nitrogens with one attached hydrogen (secondary N) is 1. The minimum atomic E-state index is 0.0122. The third kappa shape index (κ3) is 5.63. The molecule has 25 heavy (non-hydrogen) atoms. The summed E-state index contributed by atoms with van der Waals surface area (Å²) in [6.45, 7) is 4.20. The standard InChI is InChI=1S/C22H29NO2/c1-4-5-11-19(20-14-9-10-15-21(20)25-3)16-22(24)23-17(2)18-12-7-6-8-13-18/h6-10,12-15,17,19H,4-5,11,16H2,1-3H3,(H,23,24)/t17-,19+/m1/s1. The maximum absolute atomic E-state index is 12.6. The molecule has 0 spiro atoms. The van der Waals surface area contributed by atoms with Crippen molar-refractivity contribution in [2.24, 2.45) is 0 Å². The van der Waals surface area contributed by atoms with Gasteiger partial charge >= 0.3 is 0 Å². The lowest BCUT2D eigenvalue weighted by atomic mass is 9.89. The summed E-state index contributed by atoms with van der Waals surface area (Å²) in [4.78, 5) is 12.6. The molecule has 3 heteroatoms.